The van der Waals surface area contributed by atoms with Gasteiger partial charge in [-0.2, -0.15) is 0 Å². The van der Waals surface area contributed by atoms with Crippen molar-refractivity contribution in [2.45, 2.75) is 12.5 Å². The molecule has 0 saturated carbocycles. The van der Waals surface area contributed by atoms with Gasteiger partial charge in [-0.1, -0.05) is 12.1 Å². The standard InChI is InChI=1S/C13H12Br2FNS/c1-17-11(10-7-12(14)18-13(10)15)6-8-3-2-4-9(16)5-8/h2-5,7,11,17H,6H2,1H3. The molecule has 18 heavy (non-hydrogen) atoms. The van der Waals surface area contributed by atoms with E-state index in [1.54, 1.807) is 23.5 Å². The summed E-state index contributed by atoms with van der Waals surface area (Å²) in [5.74, 6) is -0.187. The molecule has 0 bridgehead atoms. The predicted molar refractivity (Wildman–Crippen MR) is 81.6 cm³/mol. The van der Waals surface area contributed by atoms with Gasteiger partial charge in [-0.05, 0) is 74.7 Å². The van der Waals surface area contributed by atoms with E-state index >= 15 is 0 Å². The molecule has 0 spiro atoms. The molecule has 1 unspecified atom stereocenters. The molecule has 1 aromatic heterocycles. The van der Waals surface area contributed by atoms with Crippen molar-refractivity contribution in [1.82, 2.24) is 5.32 Å². The van der Waals surface area contributed by atoms with Crippen molar-refractivity contribution in [3.05, 3.63) is 54.8 Å². The Morgan fingerprint density at radius 2 is 2.11 bits per heavy atom. The lowest BCUT2D eigenvalue weighted by atomic mass is 10.0. The first-order valence-electron chi connectivity index (χ1n) is 5.46. The third-order valence-corrected chi connectivity index (χ3v) is 5.12. The van der Waals surface area contributed by atoms with Gasteiger partial charge < -0.3 is 5.32 Å². The van der Waals surface area contributed by atoms with Crippen LogP contribution < -0.4 is 5.32 Å². The minimum absolute atomic E-state index is 0.170. The third-order valence-electron chi connectivity index (χ3n) is 2.74. The van der Waals surface area contributed by atoms with Gasteiger partial charge in [-0.3, -0.25) is 0 Å². The molecular formula is C13H12Br2FNS. The summed E-state index contributed by atoms with van der Waals surface area (Å²) in [5.41, 5.74) is 2.18. The summed E-state index contributed by atoms with van der Waals surface area (Å²) in [5, 5.41) is 3.27. The van der Waals surface area contributed by atoms with Crippen LogP contribution in [-0.4, -0.2) is 7.05 Å². The summed E-state index contributed by atoms with van der Waals surface area (Å²) in [6, 6.07) is 9.01. The molecule has 0 aliphatic carbocycles. The summed E-state index contributed by atoms with van der Waals surface area (Å²) < 4.78 is 15.4. The highest BCUT2D eigenvalue weighted by molar-refractivity contribution is 9.12. The topological polar surface area (TPSA) is 12.0 Å². The summed E-state index contributed by atoms with van der Waals surface area (Å²) >= 11 is 8.68. The molecule has 2 rings (SSSR count). The molecule has 1 aromatic carbocycles. The number of nitrogens with one attached hydrogen (secondary N) is 1. The molecule has 0 aliphatic heterocycles. The molecule has 0 radical (unpaired) electrons. The maximum atomic E-state index is 13.2. The molecule has 5 heteroatoms. The Labute approximate surface area is 127 Å². The Hall–Kier alpha value is -0.230. The first-order valence-corrected chi connectivity index (χ1v) is 7.87. The van der Waals surface area contributed by atoms with Crippen LogP contribution in [0.2, 0.25) is 0 Å². The van der Waals surface area contributed by atoms with Crippen LogP contribution in [0.4, 0.5) is 4.39 Å². The molecule has 1 heterocycles. The van der Waals surface area contributed by atoms with E-state index in [2.05, 4.69) is 43.2 Å². The van der Waals surface area contributed by atoms with Gasteiger partial charge in [0, 0.05) is 6.04 Å². The van der Waals surface area contributed by atoms with E-state index in [0.29, 0.717) is 0 Å². The van der Waals surface area contributed by atoms with Gasteiger partial charge in [0.05, 0.1) is 7.57 Å². The number of likely N-dealkylation sites (N-methyl/N-ethyl adjacent to an activating group) is 1. The number of hydrogen-bond donors (Lipinski definition) is 1. The molecular weight excluding hydrogens is 381 g/mol. The highest BCUT2D eigenvalue weighted by atomic mass is 79.9. The molecule has 1 atom stereocenters. The van der Waals surface area contributed by atoms with Crippen molar-refractivity contribution in [2.75, 3.05) is 7.05 Å². The number of rotatable bonds is 4. The molecule has 2 aromatic rings. The van der Waals surface area contributed by atoms with E-state index in [1.165, 1.54) is 11.6 Å². The second-order valence-electron chi connectivity index (χ2n) is 3.95. The van der Waals surface area contributed by atoms with Crippen molar-refractivity contribution in [3.8, 4) is 0 Å². The molecule has 0 fully saturated rings. The number of benzene rings is 1. The van der Waals surface area contributed by atoms with Crippen LogP contribution in [0.15, 0.2) is 37.9 Å². The Balaban J connectivity index is 2.22. The molecule has 0 saturated heterocycles. The lowest BCUT2D eigenvalue weighted by molar-refractivity contribution is 0.584. The smallest absolute Gasteiger partial charge is 0.123 e. The quantitative estimate of drug-likeness (QED) is 0.778. The molecule has 96 valence electrons. The van der Waals surface area contributed by atoms with E-state index in [-0.39, 0.29) is 11.9 Å². The molecule has 1 N–H and O–H groups in total. The monoisotopic (exact) mass is 391 g/mol. The average Bonchev–Trinajstić information content (AvgIpc) is 2.65. The summed E-state index contributed by atoms with van der Waals surface area (Å²) in [6.07, 6.45) is 0.760. The average molecular weight is 393 g/mol. The van der Waals surface area contributed by atoms with Gasteiger partial charge >= 0.3 is 0 Å². The Bertz CT molecular complexity index is 542. The van der Waals surface area contributed by atoms with Crippen LogP contribution in [-0.2, 0) is 6.42 Å². The van der Waals surface area contributed by atoms with Crippen molar-refractivity contribution in [2.24, 2.45) is 0 Å². The Kier molecular flexibility index (Phi) is 4.95. The van der Waals surface area contributed by atoms with Crippen LogP contribution in [0, 0.1) is 5.82 Å². The fraction of sp³-hybridized carbons (Fsp3) is 0.231. The molecule has 0 amide bonds. The lowest BCUT2D eigenvalue weighted by Gasteiger charge is -2.16. The highest BCUT2D eigenvalue weighted by Gasteiger charge is 2.16. The third kappa shape index (κ3) is 3.41. The van der Waals surface area contributed by atoms with Crippen LogP contribution in [0.1, 0.15) is 17.2 Å². The number of hydrogen-bond acceptors (Lipinski definition) is 2. The van der Waals surface area contributed by atoms with Gasteiger partial charge in [0.2, 0.25) is 0 Å². The first-order chi connectivity index (χ1) is 8.60. The van der Waals surface area contributed by atoms with Crippen molar-refractivity contribution < 1.29 is 4.39 Å². The van der Waals surface area contributed by atoms with Crippen molar-refractivity contribution in [1.29, 1.82) is 0 Å². The fourth-order valence-electron chi connectivity index (χ4n) is 1.86. The van der Waals surface area contributed by atoms with Gasteiger partial charge in [-0.25, -0.2) is 4.39 Å². The van der Waals surface area contributed by atoms with Crippen LogP contribution in [0.5, 0.6) is 0 Å². The first kappa shape index (κ1) is 14.2. The lowest BCUT2D eigenvalue weighted by Crippen LogP contribution is -2.18. The second kappa shape index (κ2) is 6.28. The van der Waals surface area contributed by atoms with Crippen LogP contribution >= 0.6 is 43.2 Å². The zero-order chi connectivity index (χ0) is 13.1. The van der Waals surface area contributed by atoms with Crippen molar-refractivity contribution in [3.63, 3.8) is 0 Å². The highest BCUT2D eigenvalue weighted by Crippen LogP contribution is 2.36. The number of thiophene rings is 1. The van der Waals surface area contributed by atoms with Crippen LogP contribution in [0.3, 0.4) is 0 Å². The minimum Gasteiger partial charge on any atom is -0.313 e. The fourth-order valence-corrected chi connectivity index (χ4v) is 4.83. The predicted octanol–water partition coefficient (Wildman–Crippen LogP) is 4.92. The van der Waals surface area contributed by atoms with Gasteiger partial charge in [0.25, 0.3) is 0 Å². The normalized spacial score (nSPS) is 12.7. The van der Waals surface area contributed by atoms with Gasteiger partial charge in [0.1, 0.15) is 5.82 Å². The second-order valence-corrected chi connectivity index (χ2v) is 7.70. The summed E-state index contributed by atoms with van der Waals surface area (Å²) in [6.45, 7) is 0. The number of halogens is 3. The van der Waals surface area contributed by atoms with Crippen molar-refractivity contribution >= 4 is 43.2 Å². The van der Waals surface area contributed by atoms with E-state index in [4.69, 9.17) is 0 Å². The summed E-state index contributed by atoms with van der Waals surface area (Å²) in [7, 11) is 1.92. The van der Waals surface area contributed by atoms with E-state index in [1.807, 2.05) is 13.1 Å². The maximum Gasteiger partial charge on any atom is 0.123 e. The molecule has 0 aliphatic rings. The minimum atomic E-state index is -0.187. The summed E-state index contributed by atoms with van der Waals surface area (Å²) in [4.78, 5) is 0. The zero-order valence-electron chi connectivity index (χ0n) is 9.71. The van der Waals surface area contributed by atoms with Gasteiger partial charge in [-0.15, -0.1) is 11.3 Å². The zero-order valence-corrected chi connectivity index (χ0v) is 13.7. The van der Waals surface area contributed by atoms with E-state index in [9.17, 15) is 4.39 Å². The van der Waals surface area contributed by atoms with E-state index < -0.39 is 0 Å². The largest absolute Gasteiger partial charge is 0.313 e. The Morgan fingerprint density at radius 1 is 1.33 bits per heavy atom. The molecule has 1 nitrogen and oxygen atoms in total. The Morgan fingerprint density at radius 3 is 2.67 bits per heavy atom. The maximum absolute atomic E-state index is 13.2. The van der Waals surface area contributed by atoms with Gasteiger partial charge in [0.15, 0.2) is 0 Å². The SMILES string of the molecule is CNC(Cc1cccc(F)c1)c1cc(Br)sc1Br. The van der Waals surface area contributed by atoms with E-state index in [0.717, 1.165) is 19.6 Å². The van der Waals surface area contributed by atoms with Crippen LogP contribution in [0.25, 0.3) is 0 Å².